The third-order valence-corrected chi connectivity index (χ3v) is 4.29. The zero-order valence-corrected chi connectivity index (χ0v) is 8.57. The molecule has 13 heavy (non-hydrogen) atoms. The van der Waals surface area contributed by atoms with Crippen molar-refractivity contribution in [1.29, 1.82) is 0 Å². The third-order valence-electron chi connectivity index (χ3n) is 3.43. The van der Waals surface area contributed by atoms with Crippen molar-refractivity contribution < 1.29 is 0 Å². The predicted octanol–water partition coefficient (Wildman–Crippen LogP) is 3.59. The molecular weight excluding hydrogens is 178 g/mol. The number of rotatable bonds is 0. The topological polar surface area (TPSA) is 12.0 Å². The molecule has 2 aliphatic rings. The van der Waals surface area contributed by atoms with Crippen LogP contribution in [0.4, 0.5) is 5.00 Å². The van der Waals surface area contributed by atoms with E-state index in [0.717, 1.165) is 12.0 Å². The maximum Gasteiger partial charge on any atom is 0.0921 e. The molecule has 1 N–H and O–H groups in total. The summed E-state index contributed by atoms with van der Waals surface area (Å²) in [6.45, 7) is 0. The molecule has 2 unspecified atom stereocenters. The molecule has 0 bridgehead atoms. The summed E-state index contributed by atoms with van der Waals surface area (Å²) in [5.41, 5.74) is 1.61. The van der Waals surface area contributed by atoms with Gasteiger partial charge in [-0.1, -0.05) is 19.3 Å². The quantitative estimate of drug-likeness (QED) is 0.664. The Kier molecular flexibility index (Phi) is 1.82. The summed E-state index contributed by atoms with van der Waals surface area (Å²) in [7, 11) is 0. The fraction of sp³-hybridized carbons (Fsp3) is 0.636. The molecule has 1 saturated carbocycles. The van der Waals surface area contributed by atoms with Crippen molar-refractivity contribution in [2.24, 2.45) is 0 Å². The van der Waals surface area contributed by atoms with Crippen LogP contribution in [-0.4, -0.2) is 6.04 Å². The van der Waals surface area contributed by atoms with Crippen molar-refractivity contribution in [2.75, 3.05) is 5.32 Å². The second-order valence-corrected chi connectivity index (χ2v) is 5.12. The minimum atomic E-state index is 0.768. The van der Waals surface area contributed by atoms with E-state index in [0.29, 0.717) is 0 Å². The van der Waals surface area contributed by atoms with Gasteiger partial charge in [0.1, 0.15) is 0 Å². The van der Waals surface area contributed by atoms with E-state index in [1.165, 1.54) is 37.1 Å². The molecule has 1 aromatic heterocycles. The number of anilines is 1. The first-order valence-corrected chi connectivity index (χ1v) is 6.17. The van der Waals surface area contributed by atoms with E-state index in [-0.39, 0.29) is 0 Å². The molecule has 1 aliphatic carbocycles. The van der Waals surface area contributed by atoms with Crippen LogP contribution in [0.5, 0.6) is 0 Å². The molecule has 1 nitrogen and oxygen atoms in total. The van der Waals surface area contributed by atoms with Gasteiger partial charge in [0.15, 0.2) is 0 Å². The highest BCUT2D eigenvalue weighted by atomic mass is 32.1. The van der Waals surface area contributed by atoms with Crippen molar-refractivity contribution in [3.8, 4) is 0 Å². The highest BCUT2D eigenvalue weighted by molar-refractivity contribution is 7.14. The zero-order valence-electron chi connectivity index (χ0n) is 7.75. The first-order valence-electron chi connectivity index (χ1n) is 5.29. The number of thiophene rings is 1. The van der Waals surface area contributed by atoms with E-state index in [9.17, 15) is 0 Å². The average molecular weight is 193 g/mol. The molecule has 2 heterocycles. The summed E-state index contributed by atoms with van der Waals surface area (Å²) in [5, 5.41) is 7.35. The monoisotopic (exact) mass is 193 g/mol. The van der Waals surface area contributed by atoms with Crippen molar-refractivity contribution in [2.45, 2.75) is 44.1 Å². The van der Waals surface area contributed by atoms with Gasteiger partial charge in [0, 0.05) is 12.0 Å². The summed E-state index contributed by atoms with van der Waals surface area (Å²) in [6.07, 6.45) is 7.07. The molecule has 2 heteroatoms. The van der Waals surface area contributed by atoms with Crippen LogP contribution in [-0.2, 0) is 0 Å². The number of hydrogen-bond donors (Lipinski definition) is 1. The van der Waals surface area contributed by atoms with Gasteiger partial charge in [0.05, 0.1) is 5.00 Å². The summed E-state index contributed by atoms with van der Waals surface area (Å²) >= 11 is 1.87. The van der Waals surface area contributed by atoms with Gasteiger partial charge in [-0.15, -0.1) is 11.3 Å². The predicted molar refractivity (Wildman–Crippen MR) is 57.6 cm³/mol. The van der Waals surface area contributed by atoms with Crippen LogP contribution in [0.1, 0.15) is 43.6 Å². The summed E-state index contributed by atoms with van der Waals surface area (Å²) in [6, 6.07) is 3.09. The number of fused-ring (bicyclic) bond motifs is 3. The Labute approximate surface area is 83.2 Å². The summed E-state index contributed by atoms with van der Waals surface area (Å²) in [5.74, 6) is 0.837. The van der Waals surface area contributed by atoms with Gasteiger partial charge in [0.2, 0.25) is 0 Å². The second kappa shape index (κ2) is 3.02. The van der Waals surface area contributed by atoms with E-state index >= 15 is 0 Å². The maximum atomic E-state index is 3.67. The van der Waals surface area contributed by atoms with E-state index in [1.54, 1.807) is 5.56 Å². The molecule has 0 spiro atoms. The smallest absolute Gasteiger partial charge is 0.0921 e. The molecule has 0 amide bonds. The number of hydrogen-bond acceptors (Lipinski definition) is 2. The fourth-order valence-corrected chi connectivity index (χ4v) is 3.68. The lowest BCUT2D eigenvalue weighted by molar-refractivity contribution is 0.562. The molecular formula is C11H15NS. The standard InChI is InChI=1S/C11H15NS/c1-2-4-8-9-6-7-13-11(9)12-10(8)5-3-1/h6-8,10,12H,1-5H2. The lowest BCUT2D eigenvalue weighted by atomic mass is 9.93. The molecule has 3 rings (SSSR count). The third kappa shape index (κ3) is 1.19. The molecule has 2 atom stereocenters. The van der Waals surface area contributed by atoms with Crippen LogP contribution in [0, 0.1) is 0 Å². The molecule has 0 aromatic carbocycles. The van der Waals surface area contributed by atoms with Gasteiger partial charge >= 0.3 is 0 Å². The summed E-state index contributed by atoms with van der Waals surface area (Å²) in [4.78, 5) is 0. The minimum Gasteiger partial charge on any atom is -0.373 e. The lowest BCUT2D eigenvalue weighted by Crippen LogP contribution is -2.18. The fourth-order valence-electron chi connectivity index (χ4n) is 2.75. The van der Waals surface area contributed by atoms with Gasteiger partial charge in [0.25, 0.3) is 0 Å². The first kappa shape index (κ1) is 7.86. The minimum absolute atomic E-state index is 0.768. The van der Waals surface area contributed by atoms with Crippen molar-refractivity contribution in [1.82, 2.24) is 0 Å². The highest BCUT2D eigenvalue weighted by Crippen LogP contribution is 2.45. The molecule has 1 fully saturated rings. The Morgan fingerprint density at radius 2 is 2.15 bits per heavy atom. The van der Waals surface area contributed by atoms with Crippen LogP contribution in [0.25, 0.3) is 0 Å². The van der Waals surface area contributed by atoms with E-state index < -0.39 is 0 Å². The first-order chi connectivity index (χ1) is 6.45. The van der Waals surface area contributed by atoms with Crippen LogP contribution in [0.15, 0.2) is 11.4 Å². The Morgan fingerprint density at radius 3 is 3.15 bits per heavy atom. The van der Waals surface area contributed by atoms with Gasteiger partial charge in [-0.3, -0.25) is 0 Å². The van der Waals surface area contributed by atoms with Gasteiger partial charge in [-0.05, 0) is 29.9 Å². The molecule has 70 valence electrons. The normalized spacial score (nSPS) is 31.7. The number of nitrogens with one attached hydrogen (secondary N) is 1. The molecule has 0 radical (unpaired) electrons. The SMILES string of the molecule is c1cc2c(s1)NC1CCCCCC21. The van der Waals surface area contributed by atoms with E-state index in [1.807, 2.05) is 11.3 Å². The molecule has 1 aliphatic heterocycles. The van der Waals surface area contributed by atoms with Crippen molar-refractivity contribution in [3.05, 3.63) is 17.0 Å². The largest absolute Gasteiger partial charge is 0.373 e. The van der Waals surface area contributed by atoms with Crippen LogP contribution < -0.4 is 5.32 Å². The summed E-state index contributed by atoms with van der Waals surface area (Å²) < 4.78 is 0. The van der Waals surface area contributed by atoms with Crippen LogP contribution >= 0.6 is 11.3 Å². The Morgan fingerprint density at radius 1 is 1.23 bits per heavy atom. The van der Waals surface area contributed by atoms with Gasteiger partial charge in [-0.2, -0.15) is 0 Å². The van der Waals surface area contributed by atoms with Crippen molar-refractivity contribution >= 4 is 16.3 Å². The second-order valence-electron chi connectivity index (χ2n) is 4.20. The Hall–Kier alpha value is -0.500. The lowest BCUT2D eigenvalue weighted by Gasteiger charge is -2.16. The van der Waals surface area contributed by atoms with Crippen molar-refractivity contribution in [3.63, 3.8) is 0 Å². The van der Waals surface area contributed by atoms with E-state index in [4.69, 9.17) is 0 Å². The molecule has 1 aromatic rings. The van der Waals surface area contributed by atoms with Gasteiger partial charge < -0.3 is 5.32 Å². The average Bonchev–Trinajstić information content (AvgIpc) is 2.61. The maximum absolute atomic E-state index is 3.67. The van der Waals surface area contributed by atoms with E-state index in [2.05, 4.69) is 16.8 Å². The zero-order chi connectivity index (χ0) is 8.67. The van der Waals surface area contributed by atoms with Crippen LogP contribution in [0.2, 0.25) is 0 Å². The molecule has 0 saturated heterocycles. The highest BCUT2D eigenvalue weighted by Gasteiger charge is 2.33. The van der Waals surface area contributed by atoms with Crippen LogP contribution in [0.3, 0.4) is 0 Å². The Balaban J connectivity index is 1.93. The Bertz CT molecular complexity index is 305. The van der Waals surface area contributed by atoms with Gasteiger partial charge in [-0.25, -0.2) is 0 Å².